The first-order valence-electron chi connectivity index (χ1n) is 8.73. The Morgan fingerprint density at radius 1 is 0.821 bits per heavy atom. The Bertz CT molecular complexity index is 1160. The first-order valence-corrected chi connectivity index (χ1v) is 9.11. The predicted octanol–water partition coefficient (Wildman–Crippen LogP) is 6.89. The van der Waals surface area contributed by atoms with Crippen LogP contribution in [0.2, 0.25) is 5.02 Å². The fourth-order valence-electron chi connectivity index (χ4n) is 2.97. The normalized spacial score (nSPS) is 10.9. The SMILES string of the molecule is N#Cc1c(-c2ccccc2)oc(/N=C/c2ccccc2)c1-c1ccc(Cl)cc1. The average Bonchev–Trinajstić information content (AvgIpc) is 3.13. The minimum absolute atomic E-state index is 0.390. The fraction of sp³-hybridized carbons (Fsp3) is 0. The van der Waals surface area contributed by atoms with Crippen LogP contribution in [0.3, 0.4) is 0 Å². The van der Waals surface area contributed by atoms with Gasteiger partial charge >= 0.3 is 0 Å². The third-order valence-electron chi connectivity index (χ3n) is 4.30. The molecule has 0 saturated heterocycles. The van der Waals surface area contributed by atoms with Crippen molar-refractivity contribution in [2.24, 2.45) is 4.99 Å². The van der Waals surface area contributed by atoms with E-state index in [0.29, 0.717) is 27.8 Å². The summed E-state index contributed by atoms with van der Waals surface area (Å²) in [5.74, 6) is 0.898. The van der Waals surface area contributed by atoms with Crippen molar-refractivity contribution in [2.75, 3.05) is 0 Å². The van der Waals surface area contributed by atoms with Gasteiger partial charge in [0.25, 0.3) is 0 Å². The van der Waals surface area contributed by atoms with Crippen LogP contribution in [-0.4, -0.2) is 6.21 Å². The smallest absolute Gasteiger partial charge is 0.228 e. The number of nitriles is 1. The molecule has 28 heavy (non-hydrogen) atoms. The zero-order valence-corrected chi connectivity index (χ0v) is 15.6. The maximum absolute atomic E-state index is 9.89. The molecule has 1 heterocycles. The van der Waals surface area contributed by atoms with Crippen molar-refractivity contribution in [3.05, 3.63) is 101 Å². The summed E-state index contributed by atoms with van der Waals surface area (Å²) < 4.78 is 6.08. The maximum atomic E-state index is 9.89. The van der Waals surface area contributed by atoms with E-state index in [0.717, 1.165) is 16.7 Å². The third kappa shape index (κ3) is 3.59. The second kappa shape index (κ2) is 7.96. The first-order chi connectivity index (χ1) is 13.8. The average molecular weight is 383 g/mol. The summed E-state index contributed by atoms with van der Waals surface area (Å²) in [4.78, 5) is 4.55. The molecule has 0 aliphatic rings. The molecule has 0 amide bonds. The van der Waals surface area contributed by atoms with Crippen molar-refractivity contribution in [3.8, 4) is 28.5 Å². The second-order valence-corrected chi connectivity index (χ2v) is 6.58. The van der Waals surface area contributed by atoms with Crippen molar-refractivity contribution >= 4 is 23.7 Å². The van der Waals surface area contributed by atoms with Crippen molar-refractivity contribution in [1.29, 1.82) is 5.26 Å². The molecule has 0 fully saturated rings. The summed E-state index contributed by atoms with van der Waals surface area (Å²) in [6, 6.07) is 28.9. The first kappa shape index (κ1) is 17.8. The topological polar surface area (TPSA) is 49.3 Å². The molecule has 0 spiro atoms. The highest BCUT2D eigenvalue weighted by Crippen LogP contribution is 2.42. The van der Waals surface area contributed by atoms with Gasteiger partial charge in [0.15, 0.2) is 5.76 Å². The summed E-state index contributed by atoms with van der Waals surface area (Å²) in [6.45, 7) is 0. The van der Waals surface area contributed by atoms with Gasteiger partial charge in [-0.25, -0.2) is 4.99 Å². The summed E-state index contributed by atoms with van der Waals surface area (Å²) >= 11 is 6.04. The molecule has 4 rings (SSSR count). The number of aliphatic imine (C=N–C) groups is 1. The Balaban J connectivity index is 1.91. The minimum atomic E-state index is 0.390. The molecule has 134 valence electrons. The molecule has 0 aliphatic carbocycles. The molecule has 1 aromatic heterocycles. The molecule has 0 saturated carbocycles. The summed E-state index contributed by atoms with van der Waals surface area (Å²) in [5, 5.41) is 10.5. The van der Waals surface area contributed by atoms with Crippen LogP contribution in [0.1, 0.15) is 11.1 Å². The number of halogens is 1. The van der Waals surface area contributed by atoms with Crippen LogP contribution in [-0.2, 0) is 0 Å². The predicted molar refractivity (Wildman–Crippen MR) is 113 cm³/mol. The van der Waals surface area contributed by atoms with Crippen LogP contribution in [0.15, 0.2) is 94.3 Å². The highest BCUT2D eigenvalue weighted by Gasteiger charge is 2.22. The van der Waals surface area contributed by atoms with Crippen molar-refractivity contribution in [1.82, 2.24) is 0 Å². The molecule has 0 bridgehead atoms. The highest BCUT2D eigenvalue weighted by molar-refractivity contribution is 6.30. The molecule has 0 atom stereocenters. The molecule has 0 N–H and O–H groups in total. The third-order valence-corrected chi connectivity index (χ3v) is 4.55. The molecule has 0 aliphatic heterocycles. The van der Waals surface area contributed by atoms with Crippen LogP contribution in [0.4, 0.5) is 5.88 Å². The fourth-order valence-corrected chi connectivity index (χ4v) is 3.09. The van der Waals surface area contributed by atoms with E-state index in [1.807, 2.05) is 72.8 Å². The summed E-state index contributed by atoms with van der Waals surface area (Å²) in [7, 11) is 0. The van der Waals surface area contributed by atoms with Gasteiger partial charge in [-0.3, -0.25) is 0 Å². The second-order valence-electron chi connectivity index (χ2n) is 6.14. The van der Waals surface area contributed by atoms with E-state index in [1.165, 1.54) is 0 Å². The quantitative estimate of drug-likeness (QED) is 0.361. The van der Waals surface area contributed by atoms with Crippen molar-refractivity contribution < 1.29 is 4.42 Å². The Morgan fingerprint density at radius 3 is 2.11 bits per heavy atom. The van der Waals surface area contributed by atoms with Gasteiger partial charge in [0.05, 0.1) is 5.56 Å². The van der Waals surface area contributed by atoms with Crippen LogP contribution in [0.5, 0.6) is 0 Å². The molecular formula is C24H15ClN2O. The van der Waals surface area contributed by atoms with E-state index in [-0.39, 0.29) is 0 Å². The molecule has 3 aromatic carbocycles. The Kier molecular flexibility index (Phi) is 5.05. The van der Waals surface area contributed by atoms with Crippen LogP contribution in [0.25, 0.3) is 22.5 Å². The number of nitrogens with zero attached hydrogens (tertiary/aromatic N) is 2. The molecule has 4 heteroatoms. The standard InChI is InChI=1S/C24H15ClN2O/c25-20-13-11-18(12-14-20)22-21(15-26)23(19-9-5-2-6-10-19)28-24(22)27-16-17-7-3-1-4-8-17/h1-14,16H/b27-16+. The van der Waals surface area contributed by atoms with Crippen LogP contribution < -0.4 is 0 Å². The van der Waals surface area contributed by atoms with Gasteiger partial charge in [-0.15, -0.1) is 0 Å². The van der Waals surface area contributed by atoms with Gasteiger partial charge in [-0.2, -0.15) is 5.26 Å². The molecule has 0 radical (unpaired) electrons. The lowest BCUT2D eigenvalue weighted by atomic mass is 10.0. The number of benzene rings is 3. The number of rotatable bonds is 4. The summed E-state index contributed by atoms with van der Waals surface area (Å²) in [5.41, 5.74) is 3.71. The van der Waals surface area contributed by atoms with Gasteiger partial charge in [0.1, 0.15) is 11.6 Å². The zero-order chi connectivity index (χ0) is 19.3. The highest BCUT2D eigenvalue weighted by atomic mass is 35.5. The molecule has 4 aromatic rings. The molecular weight excluding hydrogens is 368 g/mol. The lowest BCUT2D eigenvalue weighted by molar-refractivity contribution is 0.593. The van der Waals surface area contributed by atoms with Gasteiger partial charge in [0.2, 0.25) is 5.88 Å². The Labute approximate surface area is 168 Å². The lowest BCUT2D eigenvalue weighted by Gasteiger charge is -2.01. The number of hydrogen-bond acceptors (Lipinski definition) is 3. The van der Waals surface area contributed by atoms with E-state index in [9.17, 15) is 5.26 Å². The van der Waals surface area contributed by atoms with E-state index in [4.69, 9.17) is 16.0 Å². The maximum Gasteiger partial charge on any atom is 0.228 e. The van der Waals surface area contributed by atoms with Crippen molar-refractivity contribution in [2.45, 2.75) is 0 Å². The van der Waals surface area contributed by atoms with E-state index in [1.54, 1.807) is 18.3 Å². The zero-order valence-electron chi connectivity index (χ0n) is 14.8. The summed E-state index contributed by atoms with van der Waals surface area (Å²) in [6.07, 6.45) is 1.73. The Hall–Kier alpha value is -3.61. The van der Waals surface area contributed by atoms with E-state index < -0.39 is 0 Å². The van der Waals surface area contributed by atoms with Crippen LogP contribution >= 0.6 is 11.6 Å². The van der Waals surface area contributed by atoms with Crippen molar-refractivity contribution in [3.63, 3.8) is 0 Å². The van der Waals surface area contributed by atoms with E-state index >= 15 is 0 Å². The van der Waals surface area contributed by atoms with E-state index in [2.05, 4.69) is 11.1 Å². The monoisotopic (exact) mass is 382 g/mol. The van der Waals surface area contributed by atoms with Gasteiger partial charge in [0, 0.05) is 16.8 Å². The largest absolute Gasteiger partial charge is 0.436 e. The van der Waals surface area contributed by atoms with Gasteiger partial charge < -0.3 is 4.42 Å². The molecule has 3 nitrogen and oxygen atoms in total. The van der Waals surface area contributed by atoms with Gasteiger partial charge in [-0.1, -0.05) is 84.4 Å². The van der Waals surface area contributed by atoms with Gasteiger partial charge in [-0.05, 0) is 23.3 Å². The number of hydrogen-bond donors (Lipinski definition) is 0. The Morgan fingerprint density at radius 2 is 1.46 bits per heavy atom. The lowest BCUT2D eigenvalue weighted by Crippen LogP contribution is -1.83. The molecule has 0 unspecified atom stereocenters. The minimum Gasteiger partial charge on any atom is -0.436 e. The number of furan rings is 1. The van der Waals surface area contributed by atoms with Crippen LogP contribution in [0, 0.1) is 11.3 Å².